The van der Waals surface area contributed by atoms with Crippen LogP contribution >= 0.6 is 0 Å². The molecule has 2 nitrogen and oxygen atoms in total. The van der Waals surface area contributed by atoms with Crippen molar-refractivity contribution >= 4 is 0 Å². The van der Waals surface area contributed by atoms with Crippen LogP contribution < -0.4 is 5.32 Å². The van der Waals surface area contributed by atoms with E-state index in [0.29, 0.717) is 18.1 Å². The minimum atomic E-state index is -0.875. The molecule has 0 aliphatic carbocycles. The molecular formula is C14H15F2NO. The highest BCUT2D eigenvalue weighted by atomic mass is 19.2. The van der Waals surface area contributed by atoms with Gasteiger partial charge in [0, 0.05) is 0 Å². The Hall–Kier alpha value is -1.68. The van der Waals surface area contributed by atoms with Crippen LogP contribution in [0.2, 0.25) is 0 Å². The first-order valence-corrected chi connectivity index (χ1v) is 5.96. The van der Waals surface area contributed by atoms with Gasteiger partial charge in [-0.2, -0.15) is 0 Å². The zero-order chi connectivity index (χ0) is 13.0. The maximum Gasteiger partial charge on any atom is 0.169 e. The van der Waals surface area contributed by atoms with E-state index >= 15 is 0 Å². The molecule has 0 fully saturated rings. The van der Waals surface area contributed by atoms with E-state index in [1.54, 1.807) is 12.1 Å². The van der Waals surface area contributed by atoms with Crippen molar-refractivity contribution in [2.24, 2.45) is 0 Å². The average Bonchev–Trinajstić information content (AvgIpc) is 2.82. The second-order valence-corrected chi connectivity index (χ2v) is 4.04. The average molecular weight is 251 g/mol. The Morgan fingerprint density at radius 3 is 2.78 bits per heavy atom. The summed E-state index contributed by atoms with van der Waals surface area (Å²) in [7, 11) is 0. The molecule has 1 aromatic carbocycles. The lowest BCUT2D eigenvalue weighted by Gasteiger charge is -2.01. The maximum absolute atomic E-state index is 13.6. The van der Waals surface area contributed by atoms with Crippen molar-refractivity contribution < 1.29 is 13.2 Å². The number of furan rings is 1. The Morgan fingerprint density at radius 1 is 1.17 bits per heavy atom. The molecule has 1 N–H and O–H groups in total. The molecule has 0 aliphatic rings. The summed E-state index contributed by atoms with van der Waals surface area (Å²) < 4.78 is 32.1. The number of hydrogen-bond acceptors (Lipinski definition) is 2. The number of rotatable bonds is 5. The van der Waals surface area contributed by atoms with Gasteiger partial charge in [0.15, 0.2) is 11.6 Å². The Kier molecular flexibility index (Phi) is 4.10. The summed E-state index contributed by atoms with van der Waals surface area (Å²) in [5.41, 5.74) is 0.150. The van der Waals surface area contributed by atoms with Gasteiger partial charge in [0.05, 0.1) is 12.1 Å². The number of halogens is 2. The highest BCUT2D eigenvalue weighted by Gasteiger charge is 2.12. The minimum Gasteiger partial charge on any atom is -0.460 e. The summed E-state index contributed by atoms with van der Waals surface area (Å²) >= 11 is 0. The molecule has 0 spiro atoms. The summed E-state index contributed by atoms with van der Waals surface area (Å²) in [6.07, 6.45) is 1.03. The fourth-order valence-corrected chi connectivity index (χ4v) is 1.70. The van der Waals surface area contributed by atoms with Crippen LogP contribution in [0.15, 0.2) is 34.7 Å². The number of hydrogen-bond donors (Lipinski definition) is 1. The minimum absolute atomic E-state index is 0.150. The van der Waals surface area contributed by atoms with Crippen molar-refractivity contribution in [2.75, 3.05) is 6.54 Å². The molecule has 0 saturated heterocycles. The van der Waals surface area contributed by atoms with Gasteiger partial charge in [0.2, 0.25) is 0 Å². The first kappa shape index (κ1) is 12.8. The zero-order valence-corrected chi connectivity index (χ0v) is 10.2. The predicted octanol–water partition coefficient (Wildman–Crippen LogP) is 3.72. The highest BCUT2D eigenvalue weighted by Crippen LogP contribution is 2.26. The summed E-state index contributed by atoms with van der Waals surface area (Å²) in [5.74, 6) is -0.683. The van der Waals surface area contributed by atoms with Gasteiger partial charge in [-0.1, -0.05) is 13.0 Å². The highest BCUT2D eigenvalue weighted by molar-refractivity contribution is 5.58. The van der Waals surface area contributed by atoms with Crippen LogP contribution in [0.3, 0.4) is 0 Å². The Balaban J connectivity index is 2.16. The predicted molar refractivity (Wildman–Crippen MR) is 66.1 cm³/mol. The zero-order valence-electron chi connectivity index (χ0n) is 10.2. The largest absolute Gasteiger partial charge is 0.460 e. The molecule has 18 heavy (non-hydrogen) atoms. The van der Waals surface area contributed by atoms with E-state index in [0.717, 1.165) is 19.0 Å². The molecule has 0 atom stereocenters. The van der Waals surface area contributed by atoms with E-state index in [-0.39, 0.29) is 5.56 Å². The first-order chi connectivity index (χ1) is 8.72. The fourth-order valence-electron chi connectivity index (χ4n) is 1.70. The van der Waals surface area contributed by atoms with E-state index in [2.05, 4.69) is 12.2 Å². The molecule has 0 amide bonds. The smallest absolute Gasteiger partial charge is 0.169 e. The van der Waals surface area contributed by atoms with E-state index in [4.69, 9.17) is 4.42 Å². The molecule has 0 saturated carbocycles. The van der Waals surface area contributed by atoms with Crippen molar-refractivity contribution in [1.29, 1.82) is 0 Å². The fraction of sp³-hybridized carbons (Fsp3) is 0.286. The summed E-state index contributed by atoms with van der Waals surface area (Å²) in [5, 5.41) is 3.18. The third-order valence-corrected chi connectivity index (χ3v) is 2.60. The van der Waals surface area contributed by atoms with E-state index < -0.39 is 11.6 Å². The van der Waals surface area contributed by atoms with Gasteiger partial charge in [-0.15, -0.1) is 0 Å². The van der Waals surface area contributed by atoms with Crippen molar-refractivity contribution in [3.05, 3.63) is 47.7 Å². The van der Waals surface area contributed by atoms with Gasteiger partial charge in [-0.3, -0.25) is 0 Å². The summed E-state index contributed by atoms with van der Waals surface area (Å²) in [6.45, 7) is 3.55. The van der Waals surface area contributed by atoms with Gasteiger partial charge in [0.1, 0.15) is 11.5 Å². The van der Waals surface area contributed by atoms with Gasteiger partial charge >= 0.3 is 0 Å². The third kappa shape index (κ3) is 2.76. The first-order valence-electron chi connectivity index (χ1n) is 5.96. The van der Waals surface area contributed by atoms with Crippen molar-refractivity contribution in [3.8, 4) is 11.3 Å². The van der Waals surface area contributed by atoms with Crippen LogP contribution in [0, 0.1) is 11.6 Å². The standard InChI is InChI=1S/C14H15F2NO/c1-2-8-17-9-10-6-7-13(18-10)11-4-3-5-12(15)14(11)16/h3-7,17H,2,8-9H2,1H3. The van der Waals surface area contributed by atoms with E-state index in [9.17, 15) is 8.78 Å². The summed E-state index contributed by atoms with van der Waals surface area (Å²) in [6, 6.07) is 7.47. The molecule has 0 aliphatic heterocycles. The van der Waals surface area contributed by atoms with Crippen LogP contribution in [0.1, 0.15) is 19.1 Å². The van der Waals surface area contributed by atoms with Crippen LogP contribution in [0.25, 0.3) is 11.3 Å². The lowest BCUT2D eigenvalue weighted by atomic mass is 10.1. The number of benzene rings is 1. The maximum atomic E-state index is 13.6. The second-order valence-electron chi connectivity index (χ2n) is 4.04. The van der Waals surface area contributed by atoms with E-state index in [1.165, 1.54) is 12.1 Å². The Bertz CT molecular complexity index is 522. The van der Waals surface area contributed by atoms with Gasteiger partial charge in [0.25, 0.3) is 0 Å². The lowest BCUT2D eigenvalue weighted by Crippen LogP contribution is -2.12. The molecule has 0 radical (unpaired) electrons. The molecule has 0 unspecified atom stereocenters. The Morgan fingerprint density at radius 2 is 2.00 bits per heavy atom. The molecule has 96 valence electrons. The number of nitrogens with one attached hydrogen (secondary N) is 1. The SMILES string of the molecule is CCCNCc1ccc(-c2cccc(F)c2F)o1. The van der Waals surface area contributed by atoms with Crippen LogP contribution in [-0.4, -0.2) is 6.54 Å². The second kappa shape index (κ2) is 5.78. The van der Waals surface area contributed by atoms with Gasteiger partial charge < -0.3 is 9.73 Å². The molecule has 2 aromatic rings. The monoisotopic (exact) mass is 251 g/mol. The third-order valence-electron chi connectivity index (χ3n) is 2.60. The molecular weight excluding hydrogens is 236 g/mol. The van der Waals surface area contributed by atoms with Crippen molar-refractivity contribution in [3.63, 3.8) is 0 Å². The topological polar surface area (TPSA) is 25.2 Å². The quantitative estimate of drug-likeness (QED) is 0.819. The van der Waals surface area contributed by atoms with Gasteiger partial charge in [-0.05, 0) is 37.2 Å². The van der Waals surface area contributed by atoms with Crippen LogP contribution in [-0.2, 0) is 6.54 Å². The van der Waals surface area contributed by atoms with Gasteiger partial charge in [-0.25, -0.2) is 8.78 Å². The van der Waals surface area contributed by atoms with Crippen LogP contribution in [0.5, 0.6) is 0 Å². The lowest BCUT2D eigenvalue weighted by molar-refractivity contribution is 0.481. The van der Waals surface area contributed by atoms with Crippen molar-refractivity contribution in [1.82, 2.24) is 5.32 Å². The molecule has 1 heterocycles. The summed E-state index contributed by atoms with van der Waals surface area (Å²) in [4.78, 5) is 0. The molecule has 1 aromatic heterocycles. The molecule has 4 heteroatoms. The molecule has 2 rings (SSSR count). The molecule has 0 bridgehead atoms. The van der Waals surface area contributed by atoms with Crippen molar-refractivity contribution in [2.45, 2.75) is 19.9 Å². The van der Waals surface area contributed by atoms with E-state index in [1.807, 2.05) is 0 Å². The normalized spacial score (nSPS) is 10.8. The van der Waals surface area contributed by atoms with Crippen LogP contribution in [0.4, 0.5) is 8.78 Å². The Labute approximate surface area is 105 Å².